The van der Waals surface area contributed by atoms with Crippen LogP contribution in [0, 0.1) is 0 Å². The molecule has 2 aliphatic rings. The predicted molar refractivity (Wildman–Crippen MR) is 122 cm³/mol. The molecule has 0 radical (unpaired) electrons. The Morgan fingerprint density at radius 2 is 1.83 bits per heavy atom. The molecule has 3 atom stereocenters. The van der Waals surface area contributed by atoms with Gasteiger partial charge in [0.1, 0.15) is 5.84 Å². The fourth-order valence-corrected chi connectivity index (χ4v) is 4.53. The number of hydrogen-bond acceptors (Lipinski definition) is 4. The van der Waals surface area contributed by atoms with Crippen LogP contribution in [0.25, 0.3) is 5.70 Å². The fourth-order valence-electron chi connectivity index (χ4n) is 4.53. The lowest BCUT2D eigenvalue weighted by atomic mass is 9.99. The SMILES string of the molecule is C=C1c2ccccc2N=C(C(CC)N2CC(C)NCC2C)N1Cc1ccccc1. The summed E-state index contributed by atoms with van der Waals surface area (Å²) in [6, 6.07) is 20.2. The first kappa shape index (κ1) is 19.9. The third-order valence-corrected chi connectivity index (χ3v) is 6.13. The molecule has 0 saturated carbocycles. The molecule has 1 N–H and O–H groups in total. The van der Waals surface area contributed by atoms with E-state index < -0.39 is 0 Å². The van der Waals surface area contributed by atoms with Gasteiger partial charge in [-0.3, -0.25) is 4.90 Å². The standard InChI is InChI=1S/C25H32N4/c1-5-24(28-16-18(2)26-15-19(28)3)25-27-23-14-10-9-13-22(23)20(4)29(25)17-21-11-7-6-8-12-21/h6-14,18-19,24,26H,4-5,15-17H2,1-3H3. The molecule has 1 saturated heterocycles. The minimum atomic E-state index is 0.267. The van der Waals surface area contributed by atoms with E-state index >= 15 is 0 Å². The van der Waals surface area contributed by atoms with Crippen LogP contribution in [0.2, 0.25) is 0 Å². The molecule has 0 bridgehead atoms. The van der Waals surface area contributed by atoms with Gasteiger partial charge in [0.2, 0.25) is 0 Å². The second kappa shape index (κ2) is 8.52. The Morgan fingerprint density at radius 3 is 2.59 bits per heavy atom. The normalized spacial score (nSPS) is 23.5. The average Bonchev–Trinajstić information content (AvgIpc) is 2.74. The summed E-state index contributed by atoms with van der Waals surface area (Å²) >= 11 is 0. The van der Waals surface area contributed by atoms with Crippen molar-refractivity contribution in [3.8, 4) is 0 Å². The number of nitrogens with zero attached hydrogens (tertiary/aromatic N) is 3. The summed E-state index contributed by atoms with van der Waals surface area (Å²) in [7, 11) is 0. The zero-order chi connectivity index (χ0) is 20.4. The van der Waals surface area contributed by atoms with Gasteiger partial charge in [-0.05, 0) is 31.9 Å². The molecule has 0 aromatic heterocycles. The van der Waals surface area contributed by atoms with Crippen molar-refractivity contribution in [1.82, 2.24) is 15.1 Å². The van der Waals surface area contributed by atoms with Crippen molar-refractivity contribution in [2.45, 2.75) is 51.9 Å². The topological polar surface area (TPSA) is 30.9 Å². The Balaban J connectivity index is 1.75. The van der Waals surface area contributed by atoms with Gasteiger partial charge in [-0.2, -0.15) is 0 Å². The Morgan fingerprint density at radius 1 is 1.10 bits per heavy atom. The first-order chi connectivity index (χ1) is 14.1. The number of aliphatic imine (C=N–C) groups is 1. The minimum Gasteiger partial charge on any atom is -0.324 e. The zero-order valence-corrected chi connectivity index (χ0v) is 17.8. The molecular formula is C25H32N4. The van der Waals surface area contributed by atoms with E-state index in [1.54, 1.807) is 0 Å². The number of amidine groups is 1. The third-order valence-electron chi connectivity index (χ3n) is 6.13. The quantitative estimate of drug-likeness (QED) is 0.808. The van der Waals surface area contributed by atoms with Crippen LogP contribution < -0.4 is 5.32 Å². The second-order valence-corrected chi connectivity index (χ2v) is 8.28. The van der Waals surface area contributed by atoms with Crippen LogP contribution >= 0.6 is 0 Å². The van der Waals surface area contributed by atoms with Crippen molar-refractivity contribution in [3.63, 3.8) is 0 Å². The largest absolute Gasteiger partial charge is 0.324 e. The van der Waals surface area contributed by atoms with Crippen LogP contribution in [-0.2, 0) is 6.54 Å². The summed E-state index contributed by atoms with van der Waals surface area (Å²) in [5.41, 5.74) is 4.48. The van der Waals surface area contributed by atoms with Gasteiger partial charge in [-0.1, -0.05) is 62.0 Å². The van der Waals surface area contributed by atoms with Crippen molar-refractivity contribution in [2.75, 3.05) is 13.1 Å². The number of piperazine rings is 1. The molecule has 2 aromatic rings. The first-order valence-electron chi connectivity index (χ1n) is 10.8. The zero-order valence-electron chi connectivity index (χ0n) is 17.8. The van der Waals surface area contributed by atoms with Gasteiger partial charge in [0.25, 0.3) is 0 Å². The maximum atomic E-state index is 5.20. The molecule has 1 fully saturated rings. The van der Waals surface area contributed by atoms with Gasteiger partial charge in [0.05, 0.1) is 11.7 Å². The molecule has 152 valence electrons. The molecular weight excluding hydrogens is 356 g/mol. The van der Waals surface area contributed by atoms with Crippen LogP contribution in [0.1, 0.15) is 38.3 Å². The van der Waals surface area contributed by atoms with Gasteiger partial charge < -0.3 is 10.2 Å². The van der Waals surface area contributed by atoms with E-state index in [1.165, 1.54) is 5.56 Å². The van der Waals surface area contributed by atoms with E-state index in [0.29, 0.717) is 12.1 Å². The van der Waals surface area contributed by atoms with Gasteiger partial charge in [0, 0.05) is 43.0 Å². The Hall–Kier alpha value is -2.43. The molecule has 4 rings (SSSR count). The molecule has 0 aliphatic carbocycles. The number of benzene rings is 2. The molecule has 2 aliphatic heterocycles. The van der Waals surface area contributed by atoms with E-state index in [2.05, 4.69) is 97.1 Å². The second-order valence-electron chi connectivity index (χ2n) is 8.28. The van der Waals surface area contributed by atoms with Gasteiger partial charge in [0.15, 0.2) is 0 Å². The average molecular weight is 389 g/mol. The molecule has 4 heteroatoms. The lowest BCUT2D eigenvalue weighted by molar-refractivity contribution is 0.118. The smallest absolute Gasteiger partial charge is 0.127 e. The van der Waals surface area contributed by atoms with E-state index in [9.17, 15) is 0 Å². The highest BCUT2D eigenvalue weighted by molar-refractivity contribution is 6.00. The highest BCUT2D eigenvalue weighted by Gasteiger charge is 2.35. The van der Waals surface area contributed by atoms with Crippen LogP contribution in [0.15, 0.2) is 66.2 Å². The Labute approximate surface area is 174 Å². The number of fused-ring (bicyclic) bond motifs is 1. The van der Waals surface area contributed by atoms with Crippen molar-refractivity contribution < 1.29 is 0 Å². The summed E-state index contributed by atoms with van der Waals surface area (Å²) in [6.07, 6.45) is 1.02. The summed E-state index contributed by atoms with van der Waals surface area (Å²) in [5.74, 6) is 1.13. The third kappa shape index (κ3) is 4.00. The molecule has 29 heavy (non-hydrogen) atoms. The minimum absolute atomic E-state index is 0.267. The number of rotatable bonds is 5. The van der Waals surface area contributed by atoms with Crippen LogP contribution in [0.3, 0.4) is 0 Å². The first-order valence-corrected chi connectivity index (χ1v) is 10.8. The van der Waals surface area contributed by atoms with Crippen molar-refractivity contribution >= 4 is 17.2 Å². The Kier molecular flexibility index (Phi) is 5.84. The van der Waals surface area contributed by atoms with E-state index in [4.69, 9.17) is 4.99 Å². The van der Waals surface area contributed by atoms with E-state index in [-0.39, 0.29) is 6.04 Å². The lowest BCUT2D eigenvalue weighted by Gasteiger charge is -2.45. The highest BCUT2D eigenvalue weighted by Crippen LogP contribution is 2.36. The summed E-state index contributed by atoms with van der Waals surface area (Å²) < 4.78 is 0. The molecule has 3 unspecified atom stereocenters. The molecule has 2 aromatic carbocycles. The summed E-state index contributed by atoms with van der Waals surface area (Å²) in [5, 5.41) is 3.61. The maximum Gasteiger partial charge on any atom is 0.127 e. The van der Waals surface area contributed by atoms with Crippen molar-refractivity contribution in [1.29, 1.82) is 0 Å². The fraction of sp³-hybridized carbons (Fsp3) is 0.400. The molecule has 0 spiro atoms. The van der Waals surface area contributed by atoms with Gasteiger partial charge >= 0.3 is 0 Å². The van der Waals surface area contributed by atoms with Crippen molar-refractivity contribution in [2.24, 2.45) is 4.99 Å². The molecule has 0 amide bonds. The van der Waals surface area contributed by atoms with Gasteiger partial charge in [-0.15, -0.1) is 0 Å². The van der Waals surface area contributed by atoms with Gasteiger partial charge in [-0.25, -0.2) is 4.99 Å². The predicted octanol–water partition coefficient (Wildman–Crippen LogP) is 4.66. The highest BCUT2D eigenvalue weighted by atomic mass is 15.3. The molecule has 4 nitrogen and oxygen atoms in total. The Bertz CT molecular complexity index is 889. The summed E-state index contributed by atoms with van der Waals surface area (Å²) in [6.45, 7) is 14.2. The lowest BCUT2D eigenvalue weighted by Crippen LogP contribution is -2.61. The number of para-hydroxylation sites is 1. The number of hydrogen-bond donors (Lipinski definition) is 1. The van der Waals surface area contributed by atoms with E-state index in [0.717, 1.165) is 48.8 Å². The number of nitrogens with one attached hydrogen (secondary N) is 1. The summed E-state index contributed by atoms with van der Waals surface area (Å²) in [4.78, 5) is 10.2. The van der Waals surface area contributed by atoms with Crippen molar-refractivity contribution in [3.05, 3.63) is 72.3 Å². The van der Waals surface area contributed by atoms with E-state index in [1.807, 2.05) is 0 Å². The monoisotopic (exact) mass is 388 g/mol. The van der Waals surface area contributed by atoms with Crippen LogP contribution in [0.5, 0.6) is 0 Å². The van der Waals surface area contributed by atoms with Crippen LogP contribution in [-0.4, -0.2) is 46.9 Å². The van der Waals surface area contributed by atoms with Crippen LogP contribution in [0.4, 0.5) is 5.69 Å². The maximum absolute atomic E-state index is 5.20. The molecule has 2 heterocycles.